The van der Waals surface area contributed by atoms with Crippen LogP contribution < -0.4 is 10.6 Å². The molecule has 0 saturated heterocycles. The van der Waals surface area contributed by atoms with Gasteiger partial charge < -0.3 is 15.5 Å². The maximum Gasteiger partial charge on any atom is 0.191 e. The van der Waals surface area contributed by atoms with E-state index in [1.165, 1.54) is 30.4 Å². The summed E-state index contributed by atoms with van der Waals surface area (Å²) in [6.45, 7) is 1.69. The molecule has 0 amide bonds. The molecule has 154 valence electrons. The van der Waals surface area contributed by atoms with Crippen molar-refractivity contribution in [3.63, 3.8) is 0 Å². The van der Waals surface area contributed by atoms with E-state index < -0.39 is 0 Å². The molecule has 0 spiro atoms. The number of aromatic nitrogens is 2. The van der Waals surface area contributed by atoms with Gasteiger partial charge in [-0.3, -0.25) is 9.67 Å². The quantitative estimate of drug-likeness (QED) is 0.352. The molecule has 1 aromatic heterocycles. The van der Waals surface area contributed by atoms with E-state index in [1.54, 1.807) is 0 Å². The van der Waals surface area contributed by atoms with Crippen LogP contribution in [0.3, 0.4) is 0 Å². The molecule has 0 aliphatic heterocycles. The lowest BCUT2D eigenvalue weighted by Crippen LogP contribution is -2.49. The summed E-state index contributed by atoms with van der Waals surface area (Å²) in [4.78, 5) is 6.63. The van der Waals surface area contributed by atoms with Gasteiger partial charge in [-0.2, -0.15) is 5.10 Å². The zero-order valence-electron chi connectivity index (χ0n) is 17.4. The van der Waals surface area contributed by atoms with E-state index in [2.05, 4.69) is 76.2 Å². The van der Waals surface area contributed by atoms with Gasteiger partial charge in [0.15, 0.2) is 5.96 Å². The molecule has 1 aliphatic carbocycles. The fourth-order valence-electron chi connectivity index (χ4n) is 3.84. The van der Waals surface area contributed by atoms with Gasteiger partial charge in [-0.15, -0.1) is 24.0 Å². The van der Waals surface area contributed by atoms with Crippen molar-refractivity contribution in [2.75, 3.05) is 34.2 Å². The average molecular weight is 496 g/mol. The molecule has 28 heavy (non-hydrogen) atoms. The largest absolute Gasteiger partial charge is 0.356 e. The van der Waals surface area contributed by atoms with Gasteiger partial charge in [0, 0.05) is 44.4 Å². The molecule has 0 bridgehead atoms. The summed E-state index contributed by atoms with van der Waals surface area (Å²) in [6, 6.07) is 11.1. The first-order chi connectivity index (χ1) is 13.0. The Morgan fingerprint density at radius 3 is 2.46 bits per heavy atom. The Labute approximate surface area is 185 Å². The Morgan fingerprint density at radius 2 is 1.96 bits per heavy atom. The smallest absolute Gasteiger partial charge is 0.191 e. The predicted molar refractivity (Wildman–Crippen MR) is 126 cm³/mol. The van der Waals surface area contributed by atoms with Crippen molar-refractivity contribution in [3.8, 4) is 0 Å². The van der Waals surface area contributed by atoms with Crippen LogP contribution in [0.15, 0.2) is 47.7 Å². The van der Waals surface area contributed by atoms with Gasteiger partial charge in [0.2, 0.25) is 0 Å². The molecule has 2 aromatic rings. The van der Waals surface area contributed by atoms with E-state index in [-0.39, 0.29) is 35.4 Å². The highest BCUT2D eigenvalue weighted by Gasteiger charge is 2.38. The van der Waals surface area contributed by atoms with E-state index in [1.807, 2.05) is 25.0 Å². The van der Waals surface area contributed by atoms with Crippen LogP contribution in [0.4, 0.5) is 0 Å². The van der Waals surface area contributed by atoms with Crippen LogP contribution in [0, 0.1) is 0 Å². The Balaban J connectivity index is 0.00000280. The van der Waals surface area contributed by atoms with Crippen molar-refractivity contribution in [1.29, 1.82) is 0 Å². The standard InChI is InChI=1S/C21H32N6.HI/c1-22-20(23-14-19(26(2)3)17-13-25-27(4)15-17)24-16-21(11-8-12-21)18-9-6-5-7-10-18;/h5-7,9-10,13,15,19H,8,11-12,14,16H2,1-4H3,(H2,22,23,24);1H. The van der Waals surface area contributed by atoms with Crippen molar-refractivity contribution >= 4 is 29.9 Å². The van der Waals surface area contributed by atoms with Crippen molar-refractivity contribution in [2.24, 2.45) is 12.0 Å². The molecule has 7 heteroatoms. The van der Waals surface area contributed by atoms with Crippen LogP contribution in [0.5, 0.6) is 0 Å². The van der Waals surface area contributed by atoms with Gasteiger partial charge in [-0.25, -0.2) is 0 Å². The molecule has 1 unspecified atom stereocenters. The fraction of sp³-hybridized carbons (Fsp3) is 0.524. The minimum Gasteiger partial charge on any atom is -0.356 e. The number of guanidine groups is 1. The minimum absolute atomic E-state index is 0. The summed E-state index contributed by atoms with van der Waals surface area (Å²) in [5, 5.41) is 11.4. The minimum atomic E-state index is 0. The van der Waals surface area contributed by atoms with E-state index in [4.69, 9.17) is 0 Å². The van der Waals surface area contributed by atoms with E-state index in [0.717, 1.165) is 19.0 Å². The summed E-state index contributed by atoms with van der Waals surface area (Å²) in [7, 11) is 7.97. The second kappa shape index (κ2) is 10.2. The van der Waals surface area contributed by atoms with Crippen molar-refractivity contribution < 1.29 is 0 Å². The van der Waals surface area contributed by atoms with Gasteiger partial charge in [-0.05, 0) is 32.5 Å². The molecule has 1 fully saturated rings. The highest BCUT2D eigenvalue weighted by atomic mass is 127. The zero-order valence-corrected chi connectivity index (χ0v) is 19.7. The van der Waals surface area contributed by atoms with Crippen LogP contribution >= 0.6 is 24.0 Å². The second-order valence-electron chi connectivity index (χ2n) is 7.73. The number of nitrogens with one attached hydrogen (secondary N) is 2. The Hall–Kier alpha value is -1.61. The third kappa shape index (κ3) is 5.26. The number of likely N-dealkylation sites (N-methyl/N-ethyl adjacent to an activating group) is 1. The van der Waals surface area contributed by atoms with Gasteiger partial charge >= 0.3 is 0 Å². The molecule has 3 rings (SSSR count). The van der Waals surface area contributed by atoms with E-state index in [9.17, 15) is 0 Å². The zero-order chi connectivity index (χ0) is 19.3. The van der Waals surface area contributed by atoms with Crippen LogP contribution in [-0.4, -0.2) is 54.9 Å². The Morgan fingerprint density at radius 1 is 1.25 bits per heavy atom. The Kier molecular flexibility index (Phi) is 8.30. The monoisotopic (exact) mass is 496 g/mol. The van der Waals surface area contributed by atoms with Crippen LogP contribution in [0.2, 0.25) is 0 Å². The van der Waals surface area contributed by atoms with E-state index >= 15 is 0 Å². The summed E-state index contributed by atoms with van der Waals surface area (Å²) >= 11 is 0. The summed E-state index contributed by atoms with van der Waals surface area (Å²) < 4.78 is 1.85. The number of hydrogen-bond acceptors (Lipinski definition) is 3. The van der Waals surface area contributed by atoms with Gasteiger partial charge in [0.25, 0.3) is 0 Å². The lowest BCUT2D eigenvalue weighted by Gasteiger charge is -2.43. The molecule has 0 radical (unpaired) electrons. The molecular formula is C21H33IN6. The van der Waals surface area contributed by atoms with Crippen LogP contribution in [-0.2, 0) is 12.5 Å². The summed E-state index contributed by atoms with van der Waals surface area (Å²) in [5.74, 6) is 0.855. The third-order valence-corrected chi connectivity index (χ3v) is 5.71. The van der Waals surface area contributed by atoms with Gasteiger partial charge in [0.1, 0.15) is 0 Å². The number of aryl methyl sites for hydroxylation is 1. The summed E-state index contributed by atoms with van der Waals surface area (Å²) in [5.41, 5.74) is 2.87. The van der Waals surface area contributed by atoms with Crippen LogP contribution in [0.25, 0.3) is 0 Å². The molecule has 1 heterocycles. The summed E-state index contributed by atoms with van der Waals surface area (Å²) in [6.07, 6.45) is 7.77. The number of rotatable bonds is 7. The SMILES string of the molecule is CN=C(NCC(c1cnn(C)c1)N(C)C)NCC1(c2ccccc2)CCC1.I. The van der Waals surface area contributed by atoms with Gasteiger partial charge in [-0.1, -0.05) is 36.8 Å². The molecule has 1 aromatic carbocycles. The second-order valence-corrected chi connectivity index (χ2v) is 7.73. The number of hydrogen-bond donors (Lipinski definition) is 2. The average Bonchev–Trinajstić information content (AvgIpc) is 3.05. The normalized spacial score (nSPS) is 16.8. The van der Waals surface area contributed by atoms with Gasteiger partial charge in [0.05, 0.1) is 12.2 Å². The topological polar surface area (TPSA) is 57.5 Å². The molecule has 1 saturated carbocycles. The maximum absolute atomic E-state index is 4.43. The Bertz CT molecular complexity index is 751. The number of nitrogens with zero attached hydrogens (tertiary/aromatic N) is 4. The fourth-order valence-corrected chi connectivity index (χ4v) is 3.84. The maximum atomic E-state index is 4.43. The number of halogens is 1. The number of aliphatic imine (C=N–C) groups is 1. The molecule has 1 atom stereocenters. The van der Waals surface area contributed by atoms with Crippen molar-refractivity contribution in [1.82, 2.24) is 25.3 Å². The first kappa shape index (κ1) is 22.7. The van der Waals surface area contributed by atoms with Crippen molar-refractivity contribution in [2.45, 2.75) is 30.7 Å². The molecule has 6 nitrogen and oxygen atoms in total. The molecular weight excluding hydrogens is 463 g/mol. The predicted octanol–water partition coefficient (Wildman–Crippen LogP) is 2.93. The van der Waals surface area contributed by atoms with E-state index in [0.29, 0.717) is 0 Å². The highest BCUT2D eigenvalue weighted by Crippen LogP contribution is 2.43. The number of benzene rings is 1. The highest BCUT2D eigenvalue weighted by molar-refractivity contribution is 14.0. The van der Waals surface area contributed by atoms with Crippen molar-refractivity contribution in [3.05, 3.63) is 53.9 Å². The first-order valence-corrected chi connectivity index (χ1v) is 9.69. The lowest BCUT2D eigenvalue weighted by atomic mass is 9.64. The van der Waals surface area contributed by atoms with Crippen LogP contribution in [0.1, 0.15) is 36.4 Å². The molecule has 2 N–H and O–H groups in total. The molecule has 1 aliphatic rings. The first-order valence-electron chi connectivity index (χ1n) is 9.69. The lowest BCUT2D eigenvalue weighted by molar-refractivity contribution is 0.243. The third-order valence-electron chi connectivity index (χ3n) is 5.71.